The summed E-state index contributed by atoms with van der Waals surface area (Å²) < 4.78 is 29.5. The molecular weight excluding hydrogens is 404 g/mol. The van der Waals surface area contributed by atoms with Crippen LogP contribution in [0.3, 0.4) is 0 Å². The summed E-state index contributed by atoms with van der Waals surface area (Å²) in [6.07, 6.45) is 4.88. The number of aryl methyl sites for hydroxylation is 1. The normalized spacial score (nSPS) is 15.0. The molecule has 0 atom stereocenters. The molecule has 0 bridgehead atoms. The van der Waals surface area contributed by atoms with Gasteiger partial charge in [0.1, 0.15) is 5.65 Å². The molecule has 1 aliphatic heterocycles. The van der Waals surface area contributed by atoms with Crippen molar-refractivity contribution in [2.24, 2.45) is 0 Å². The van der Waals surface area contributed by atoms with Gasteiger partial charge in [0.2, 0.25) is 21.8 Å². The predicted molar refractivity (Wildman–Crippen MR) is 113 cm³/mol. The van der Waals surface area contributed by atoms with Crippen molar-refractivity contribution in [2.75, 3.05) is 17.0 Å². The molecule has 3 aromatic rings. The van der Waals surface area contributed by atoms with Crippen molar-refractivity contribution in [3.05, 3.63) is 54.4 Å². The van der Waals surface area contributed by atoms with Crippen LogP contribution in [-0.4, -0.2) is 46.8 Å². The number of nitrogens with one attached hydrogen (secondary N) is 1. The van der Waals surface area contributed by atoms with Crippen molar-refractivity contribution in [1.29, 1.82) is 0 Å². The standard InChI is InChI=1S/C21H22N4O4S/c1-15-5-4-10-24-14-18(22-21(15)24)16-6-2-7-17(13-16)23-30(28,29)12-11-25-19(26)8-3-9-20(25)27/h2,4-7,10,13-14,23H,3,8-9,11-12H2,1H3. The van der Waals surface area contributed by atoms with Crippen LogP contribution in [0.1, 0.15) is 24.8 Å². The molecule has 1 N–H and O–H groups in total. The quantitative estimate of drug-likeness (QED) is 0.611. The lowest BCUT2D eigenvalue weighted by Crippen LogP contribution is -2.43. The van der Waals surface area contributed by atoms with Crippen LogP contribution in [0.5, 0.6) is 0 Å². The van der Waals surface area contributed by atoms with E-state index in [1.165, 1.54) is 0 Å². The number of imide groups is 1. The molecule has 1 aromatic carbocycles. The minimum Gasteiger partial charge on any atom is -0.306 e. The van der Waals surface area contributed by atoms with E-state index in [0.29, 0.717) is 12.1 Å². The van der Waals surface area contributed by atoms with Gasteiger partial charge in [-0.1, -0.05) is 18.2 Å². The second kappa shape index (κ2) is 7.91. The summed E-state index contributed by atoms with van der Waals surface area (Å²) in [5.74, 6) is -0.974. The maximum atomic E-state index is 12.5. The summed E-state index contributed by atoms with van der Waals surface area (Å²) in [6.45, 7) is 1.84. The molecule has 3 heterocycles. The molecule has 156 valence electrons. The number of carbonyl (C=O) groups excluding carboxylic acids is 2. The van der Waals surface area contributed by atoms with E-state index in [2.05, 4.69) is 9.71 Å². The Morgan fingerprint density at radius 3 is 2.60 bits per heavy atom. The van der Waals surface area contributed by atoms with E-state index in [-0.39, 0.29) is 37.0 Å². The first-order valence-corrected chi connectivity index (χ1v) is 11.4. The van der Waals surface area contributed by atoms with Gasteiger partial charge in [-0.25, -0.2) is 13.4 Å². The van der Waals surface area contributed by atoms with Gasteiger partial charge in [0.15, 0.2) is 0 Å². The number of carbonyl (C=O) groups is 2. The van der Waals surface area contributed by atoms with Gasteiger partial charge in [-0.15, -0.1) is 0 Å². The lowest BCUT2D eigenvalue weighted by Gasteiger charge is -2.24. The van der Waals surface area contributed by atoms with Crippen LogP contribution in [0.15, 0.2) is 48.8 Å². The first-order valence-electron chi connectivity index (χ1n) is 9.71. The topological polar surface area (TPSA) is 101 Å². The average molecular weight is 426 g/mol. The van der Waals surface area contributed by atoms with Crippen molar-refractivity contribution in [2.45, 2.75) is 26.2 Å². The van der Waals surface area contributed by atoms with Gasteiger partial charge >= 0.3 is 0 Å². The second-order valence-corrected chi connectivity index (χ2v) is 9.18. The lowest BCUT2D eigenvalue weighted by molar-refractivity contribution is -0.147. The molecule has 0 spiro atoms. The smallest absolute Gasteiger partial charge is 0.234 e. The molecule has 30 heavy (non-hydrogen) atoms. The molecule has 1 fully saturated rings. The van der Waals surface area contributed by atoms with Crippen LogP contribution in [0.4, 0.5) is 5.69 Å². The number of sulfonamides is 1. The Labute approximate surface area is 174 Å². The Hall–Kier alpha value is -3.20. The van der Waals surface area contributed by atoms with Crippen LogP contribution in [0, 0.1) is 6.92 Å². The molecule has 1 aliphatic rings. The third kappa shape index (κ3) is 4.20. The highest BCUT2D eigenvalue weighted by Gasteiger charge is 2.27. The summed E-state index contributed by atoms with van der Waals surface area (Å²) in [6, 6.07) is 10.9. The van der Waals surface area contributed by atoms with E-state index in [4.69, 9.17) is 0 Å². The van der Waals surface area contributed by atoms with Crippen LogP contribution in [0.2, 0.25) is 0 Å². The van der Waals surface area contributed by atoms with Gasteiger partial charge in [0.25, 0.3) is 0 Å². The number of hydrogen-bond donors (Lipinski definition) is 1. The number of rotatable bonds is 6. The Bertz CT molecular complexity index is 1220. The number of nitrogens with zero attached hydrogens (tertiary/aromatic N) is 3. The summed E-state index contributed by atoms with van der Waals surface area (Å²) >= 11 is 0. The lowest BCUT2D eigenvalue weighted by atomic mass is 10.1. The molecular formula is C21H22N4O4S. The number of fused-ring (bicyclic) bond motifs is 1. The van der Waals surface area contributed by atoms with E-state index < -0.39 is 10.0 Å². The third-order valence-electron chi connectivity index (χ3n) is 5.08. The monoisotopic (exact) mass is 426 g/mol. The van der Waals surface area contributed by atoms with Crippen molar-refractivity contribution < 1.29 is 18.0 Å². The largest absolute Gasteiger partial charge is 0.306 e. The number of anilines is 1. The van der Waals surface area contributed by atoms with Crippen molar-refractivity contribution in [3.8, 4) is 11.3 Å². The number of pyridine rings is 1. The predicted octanol–water partition coefficient (Wildman–Crippen LogP) is 2.59. The van der Waals surface area contributed by atoms with E-state index in [1.807, 2.05) is 41.9 Å². The molecule has 8 nitrogen and oxygen atoms in total. The molecule has 0 unspecified atom stereocenters. The van der Waals surface area contributed by atoms with Crippen LogP contribution < -0.4 is 4.72 Å². The second-order valence-electron chi connectivity index (χ2n) is 7.34. The fraction of sp³-hybridized carbons (Fsp3) is 0.286. The molecule has 2 amide bonds. The summed E-state index contributed by atoms with van der Waals surface area (Å²) in [5, 5.41) is 0. The summed E-state index contributed by atoms with van der Waals surface area (Å²) in [4.78, 5) is 29.4. The minimum absolute atomic E-state index is 0.140. The van der Waals surface area contributed by atoms with Crippen molar-refractivity contribution in [3.63, 3.8) is 0 Å². The first kappa shape index (κ1) is 20.1. The highest BCUT2D eigenvalue weighted by Crippen LogP contribution is 2.24. The maximum absolute atomic E-state index is 12.5. The molecule has 0 saturated carbocycles. The van der Waals surface area contributed by atoms with Gasteiger partial charge < -0.3 is 4.40 Å². The van der Waals surface area contributed by atoms with E-state index in [9.17, 15) is 18.0 Å². The molecule has 4 rings (SSSR count). The average Bonchev–Trinajstić information content (AvgIpc) is 3.13. The van der Waals surface area contributed by atoms with E-state index in [0.717, 1.165) is 27.4 Å². The number of hydrogen-bond acceptors (Lipinski definition) is 5. The van der Waals surface area contributed by atoms with Crippen LogP contribution in [-0.2, 0) is 19.6 Å². The van der Waals surface area contributed by atoms with Gasteiger partial charge in [-0.2, -0.15) is 0 Å². The summed E-state index contributed by atoms with van der Waals surface area (Å²) in [5.41, 5.74) is 3.80. The molecule has 1 saturated heterocycles. The molecule has 0 radical (unpaired) electrons. The Morgan fingerprint density at radius 2 is 1.87 bits per heavy atom. The number of piperidine rings is 1. The number of aromatic nitrogens is 2. The van der Waals surface area contributed by atoms with Gasteiger partial charge in [-0.05, 0) is 37.1 Å². The fourth-order valence-corrected chi connectivity index (χ4v) is 4.54. The minimum atomic E-state index is -3.73. The summed E-state index contributed by atoms with van der Waals surface area (Å²) in [7, 11) is -3.73. The zero-order valence-corrected chi connectivity index (χ0v) is 17.4. The molecule has 9 heteroatoms. The van der Waals surface area contributed by atoms with Crippen LogP contribution in [0.25, 0.3) is 16.9 Å². The Balaban J connectivity index is 1.50. The molecule has 2 aromatic heterocycles. The van der Waals surface area contributed by atoms with Gasteiger partial charge in [0, 0.05) is 43.0 Å². The van der Waals surface area contributed by atoms with Gasteiger partial charge in [0.05, 0.1) is 11.4 Å². The highest BCUT2D eigenvalue weighted by molar-refractivity contribution is 7.92. The van der Waals surface area contributed by atoms with E-state index in [1.54, 1.807) is 18.2 Å². The SMILES string of the molecule is Cc1cccn2cc(-c3cccc(NS(=O)(=O)CCN4C(=O)CCCC4=O)c3)nc12. The first-order chi connectivity index (χ1) is 14.3. The highest BCUT2D eigenvalue weighted by atomic mass is 32.2. The number of likely N-dealkylation sites (tertiary alicyclic amines) is 1. The Morgan fingerprint density at radius 1 is 1.10 bits per heavy atom. The number of benzene rings is 1. The van der Waals surface area contributed by atoms with Crippen molar-refractivity contribution in [1.82, 2.24) is 14.3 Å². The van der Waals surface area contributed by atoms with Crippen LogP contribution >= 0.6 is 0 Å². The zero-order valence-electron chi connectivity index (χ0n) is 16.5. The number of amides is 2. The van der Waals surface area contributed by atoms with Gasteiger partial charge in [-0.3, -0.25) is 19.2 Å². The molecule has 0 aliphatic carbocycles. The van der Waals surface area contributed by atoms with E-state index >= 15 is 0 Å². The maximum Gasteiger partial charge on any atom is 0.234 e. The van der Waals surface area contributed by atoms with Crippen molar-refractivity contribution >= 4 is 33.2 Å². The zero-order chi connectivity index (χ0) is 21.3. The Kier molecular flexibility index (Phi) is 5.29. The third-order valence-corrected chi connectivity index (χ3v) is 6.34. The fourth-order valence-electron chi connectivity index (χ4n) is 3.53. The number of imidazole rings is 1.